The highest BCUT2D eigenvalue weighted by Crippen LogP contribution is 2.25. The Bertz CT molecular complexity index is 751. The summed E-state index contributed by atoms with van der Waals surface area (Å²) >= 11 is 0. The summed E-state index contributed by atoms with van der Waals surface area (Å²) in [5.41, 5.74) is 1.12. The third kappa shape index (κ3) is 5.08. The summed E-state index contributed by atoms with van der Waals surface area (Å²) in [6.07, 6.45) is 1.10. The number of anilines is 1. The quantitative estimate of drug-likeness (QED) is 0.775. The largest absolute Gasteiger partial charge is 0.375 e. The van der Waals surface area contributed by atoms with Gasteiger partial charge in [-0.2, -0.15) is 0 Å². The van der Waals surface area contributed by atoms with Crippen LogP contribution in [0.25, 0.3) is 0 Å². The molecule has 3 rings (SSSR count). The first-order valence-electron chi connectivity index (χ1n) is 9.56. The lowest BCUT2D eigenvalue weighted by Crippen LogP contribution is -2.47. The van der Waals surface area contributed by atoms with Gasteiger partial charge >= 0.3 is 0 Å². The van der Waals surface area contributed by atoms with Crippen molar-refractivity contribution in [3.63, 3.8) is 0 Å². The maximum Gasteiger partial charge on any atom is 0.251 e. The van der Waals surface area contributed by atoms with Crippen LogP contribution in [-0.4, -0.2) is 79.5 Å². The van der Waals surface area contributed by atoms with Crippen LogP contribution in [0.3, 0.4) is 0 Å². The minimum Gasteiger partial charge on any atom is -0.375 e. The minimum absolute atomic E-state index is 0.0359. The maximum absolute atomic E-state index is 12.6. The second-order valence-corrected chi connectivity index (χ2v) is 7.72. The van der Waals surface area contributed by atoms with E-state index in [0.29, 0.717) is 30.8 Å². The highest BCUT2D eigenvalue weighted by molar-refractivity contribution is 5.97. The summed E-state index contributed by atoms with van der Waals surface area (Å²) in [7, 11) is 3.49. The fraction of sp³-hybridized carbons (Fsp3) is 0.550. The van der Waals surface area contributed by atoms with Crippen LogP contribution in [0, 0.1) is 0 Å². The van der Waals surface area contributed by atoms with Crippen molar-refractivity contribution in [3.05, 3.63) is 29.8 Å². The summed E-state index contributed by atoms with van der Waals surface area (Å²) in [5, 5.41) is 5.77. The third-order valence-electron chi connectivity index (χ3n) is 5.17. The number of benzene rings is 1. The standard InChI is InChI=1S/C20H28N4O4/c1-13(25)21-15-6-4-5-14(7-15)20(27)22-16-8-17-12-28-18(11-24(17)10-16)9-19(26)23(2)3/h4-7,16-18H,8-12H2,1-3H3,(H,21,25)(H,22,27)/t16-,17+,18+/m1/s1. The molecule has 0 aromatic heterocycles. The van der Waals surface area contributed by atoms with Gasteiger partial charge in [-0.1, -0.05) is 6.07 Å². The molecule has 2 heterocycles. The summed E-state index contributed by atoms with van der Waals surface area (Å²) in [6, 6.07) is 7.20. The number of fused-ring (bicyclic) bond motifs is 1. The fourth-order valence-electron chi connectivity index (χ4n) is 3.76. The summed E-state index contributed by atoms with van der Waals surface area (Å²) in [6.45, 7) is 3.46. The highest BCUT2D eigenvalue weighted by Gasteiger charge is 2.38. The zero-order valence-corrected chi connectivity index (χ0v) is 16.6. The van der Waals surface area contributed by atoms with Crippen LogP contribution in [0.2, 0.25) is 0 Å². The van der Waals surface area contributed by atoms with Gasteiger partial charge in [0.25, 0.3) is 5.91 Å². The number of amides is 3. The van der Waals surface area contributed by atoms with E-state index >= 15 is 0 Å². The molecule has 0 saturated carbocycles. The molecule has 28 heavy (non-hydrogen) atoms. The fourth-order valence-corrected chi connectivity index (χ4v) is 3.76. The number of ether oxygens (including phenoxy) is 1. The summed E-state index contributed by atoms with van der Waals surface area (Å²) < 4.78 is 5.86. The first-order valence-corrected chi connectivity index (χ1v) is 9.56. The Balaban J connectivity index is 1.54. The first kappa shape index (κ1) is 20.3. The number of hydrogen-bond acceptors (Lipinski definition) is 5. The van der Waals surface area contributed by atoms with Crippen LogP contribution in [-0.2, 0) is 14.3 Å². The van der Waals surface area contributed by atoms with Gasteiger partial charge in [0, 0.05) is 57.4 Å². The van der Waals surface area contributed by atoms with E-state index in [1.807, 2.05) is 0 Å². The van der Waals surface area contributed by atoms with Crippen LogP contribution in [0.1, 0.15) is 30.1 Å². The van der Waals surface area contributed by atoms with Gasteiger partial charge in [-0.15, -0.1) is 0 Å². The average molecular weight is 388 g/mol. The van der Waals surface area contributed by atoms with Crippen LogP contribution in [0.4, 0.5) is 5.69 Å². The SMILES string of the molecule is CC(=O)Nc1cccc(C(=O)N[C@@H]2C[C@H]3CO[C@@H](CC(=O)N(C)C)CN3C2)c1. The Morgan fingerprint density at radius 3 is 2.75 bits per heavy atom. The smallest absolute Gasteiger partial charge is 0.251 e. The lowest BCUT2D eigenvalue weighted by molar-refractivity contribution is -0.134. The Hall–Kier alpha value is -2.45. The number of morpholine rings is 1. The van der Waals surface area contributed by atoms with Crippen molar-refractivity contribution >= 4 is 23.4 Å². The van der Waals surface area contributed by atoms with E-state index in [0.717, 1.165) is 13.0 Å². The molecule has 0 spiro atoms. The van der Waals surface area contributed by atoms with Gasteiger partial charge in [0.1, 0.15) is 0 Å². The lowest BCUT2D eigenvalue weighted by Gasteiger charge is -2.35. The molecule has 3 amide bonds. The Labute approximate surface area is 165 Å². The first-order chi connectivity index (χ1) is 13.3. The predicted octanol–water partition coefficient (Wildman–Crippen LogP) is 0.695. The van der Waals surface area contributed by atoms with Crippen molar-refractivity contribution in [2.75, 3.05) is 39.1 Å². The Kier molecular flexibility index (Phi) is 6.31. The predicted molar refractivity (Wildman–Crippen MR) is 105 cm³/mol. The van der Waals surface area contributed by atoms with Gasteiger partial charge in [-0.25, -0.2) is 0 Å². The van der Waals surface area contributed by atoms with Crippen LogP contribution in [0.15, 0.2) is 24.3 Å². The zero-order chi connectivity index (χ0) is 20.3. The molecule has 0 aliphatic carbocycles. The molecule has 2 aliphatic rings. The van der Waals surface area contributed by atoms with Crippen molar-refractivity contribution in [1.29, 1.82) is 0 Å². The molecule has 2 N–H and O–H groups in total. The number of carbonyl (C=O) groups is 3. The lowest BCUT2D eigenvalue weighted by atomic mass is 10.1. The number of nitrogens with one attached hydrogen (secondary N) is 2. The van der Waals surface area contributed by atoms with Gasteiger partial charge in [-0.05, 0) is 24.6 Å². The number of carbonyl (C=O) groups excluding carboxylic acids is 3. The van der Waals surface area contributed by atoms with Gasteiger partial charge in [0.2, 0.25) is 11.8 Å². The molecular formula is C20H28N4O4. The van der Waals surface area contributed by atoms with E-state index in [-0.39, 0.29) is 35.9 Å². The number of nitrogens with zero attached hydrogens (tertiary/aromatic N) is 2. The Morgan fingerprint density at radius 1 is 1.25 bits per heavy atom. The highest BCUT2D eigenvalue weighted by atomic mass is 16.5. The van der Waals surface area contributed by atoms with Crippen molar-refractivity contribution in [3.8, 4) is 0 Å². The molecule has 1 aromatic rings. The average Bonchev–Trinajstić information content (AvgIpc) is 3.02. The van der Waals surface area contributed by atoms with Crippen LogP contribution < -0.4 is 10.6 Å². The molecule has 3 atom stereocenters. The summed E-state index contributed by atoms with van der Waals surface area (Å²) in [5.74, 6) is -0.267. The molecule has 0 radical (unpaired) electrons. The molecule has 8 heteroatoms. The van der Waals surface area contributed by atoms with Crippen LogP contribution in [0.5, 0.6) is 0 Å². The second-order valence-electron chi connectivity index (χ2n) is 7.72. The van der Waals surface area contributed by atoms with Gasteiger partial charge in [0.15, 0.2) is 0 Å². The van der Waals surface area contributed by atoms with E-state index in [1.165, 1.54) is 6.92 Å². The van der Waals surface area contributed by atoms with Crippen LogP contribution >= 0.6 is 0 Å². The molecule has 1 aromatic carbocycles. The minimum atomic E-state index is -0.174. The van der Waals surface area contributed by atoms with Crippen molar-refractivity contribution < 1.29 is 19.1 Å². The van der Waals surface area contributed by atoms with E-state index in [2.05, 4.69) is 15.5 Å². The number of hydrogen-bond donors (Lipinski definition) is 2. The van der Waals surface area contributed by atoms with E-state index < -0.39 is 0 Å². The molecule has 8 nitrogen and oxygen atoms in total. The van der Waals surface area contributed by atoms with Crippen molar-refractivity contribution in [2.24, 2.45) is 0 Å². The van der Waals surface area contributed by atoms with E-state index in [1.54, 1.807) is 43.3 Å². The molecular weight excluding hydrogens is 360 g/mol. The Morgan fingerprint density at radius 2 is 2.04 bits per heavy atom. The van der Waals surface area contributed by atoms with Gasteiger partial charge < -0.3 is 20.3 Å². The van der Waals surface area contributed by atoms with Crippen molar-refractivity contribution in [2.45, 2.75) is 38.0 Å². The number of rotatable bonds is 5. The zero-order valence-electron chi connectivity index (χ0n) is 16.6. The third-order valence-corrected chi connectivity index (χ3v) is 5.17. The molecule has 2 fully saturated rings. The molecule has 2 aliphatic heterocycles. The molecule has 0 bridgehead atoms. The van der Waals surface area contributed by atoms with E-state index in [4.69, 9.17) is 4.74 Å². The van der Waals surface area contributed by atoms with Gasteiger partial charge in [-0.3, -0.25) is 19.3 Å². The van der Waals surface area contributed by atoms with Crippen molar-refractivity contribution in [1.82, 2.24) is 15.1 Å². The topological polar surface area (TPSA) is 91.0 Å². The van der Waals surface area contributed by atoms with Gasteiger partial charge in [0.05, 0.1) is 19.1 Å². The normalized spacial score (nSPS) is 24.3. The molecule has 2 saturated heterocycles. The maximum atomic E-state index is 12.6. The van der Waals surface area contributed by atoms with E-state index in [9.17, 15) is 14.4 Å². The second kappa shape index (κ2) is 8.70. The molecule has 152 valence electrons. The summed E-state index contributed by atoms with van der Waals surface area (Å²) in [4.78, 5) is 39.6. The monoisotopic (exact) mass is 388 g/mol. The molecule has 0 unspecified atom stereocenters.